The second-order valence-corrected chi connectivity index (χ2v) is 6.22. The number of amides is 2. The lowest BCUT2D eigenvalue weighted by Crippen LogP contribution is -2.30. The van der Waals surface area contributed by atoms with Crippen molar-refractivity contribution in [2.24, 2.45) is 5.92 Å². The van der Waals surface area contributed by atoms with Crippen LogP contribution in [0.5, 0.6) is 0 Å². The molecule has 1 aromatic carbocycles. The molecule has 2 aromatic rings. The van der Waals surface area contributed by atoms with E-state index in [1.54, 1.807) is 22.7 Å². The van der Waals surface area contributed by atoms with Gasteiger partial charge in [-0.25, -0.2) is 0 Å². The lowest BCUT2D eigenvalue weighted by atomic mass is 9.92. The molecular weight excluding hydrogens is 304 g/mol. The van der Waals surface area contributed by atoms with Crippen LogP contribution in [0.15, 0.2) is 36.5 Å². The van der Waals surface area contributed by atoms with Crippen molar-refractivity contribution in [3.8, 4) is 0 Å². The van der Waals surface area contributed by atoms with E-state index in [2.05, 4.69) is 10.4 Å². The first-order valence-corrected chi connectivity index (χ1v) is 8.16. The third kappa shape index (κ3) is 3.04. The first-order chi connectivity index (χ1) is 11.5. The number of hydrogen-bond donors (Lipinski definition) is 1. The van der Waals surface area contributed by atoms with Crippen LogP contribution in [-0.2, 0) is 16.1 Å². The lowest BCUT2D eigenvalue weighted by Gasteiger charge is -2.24. The van der Waals surface area contributed by atoms with Gasteiger partial charge in [-0.15, -0.1) is 0 Å². The van der Waals surface area contributed by atoms with Crippen molar-refractivity contribution >= 4 is 17.6 Å². The summed E-state index contributed by atoms with van der Waals surface area (Å²) in [5.41, 5.74) is 2.13. The number of anilines is 1. The minimum Gasteiger partial charge on any atom is -0.338 e. The number of aryl methyl sites for hydroxylation is 2. The van der Waals surface area contributed by atoms with Crippen LogP contribution >= 0.6 is 0 Å². The third-order valence-electron chi connectivity index (χ3n) is 4.56. The Hall–Kier alpha value is -2.63. The molecule has 126 valence electrons. The predicted molar refractivity (Wildman–Crippen MR) is 91.3 cm³/mol. The summed E-state index contributed by atoms with van der Waals surface area (Å²) < 4.78 is 1.75. The molecule has 0 aliphatic carbocycles. The first-order valence-electron chi connectivity index (χ1n) is 8.16. The number of likely N-dealkylation sites (tertiary alicyclic amines) is 1. The van der Waals surface area contributed by atoms with E-state index in [0.717, 1.165) is 17.7 Å². The number of carbonyl (C=O) groups is 2. The minimum absolute atomic E-state index is 0.0141. The van der Waals surface area contributed by atoms with E-state index in [4.69, 9.17) is 0 Å². The Bertz CT molecular complexity index is 751. The summed E-state index contributed by atoms with van der Waals surface area (Å²) >= 11 is 0. The maximum absolute atomic E-state index is 12.7. The molecule has 1 aliphatic rings. The van der Waals surface area contributed by atoms with E-state index < -0.39 is 5.92 Å². The number of aromatic nitrogens is 2. The van der Waals surface area contributed by atoms with Crippen molar-refractivity contribution in [2.75, 3.05) is 12.4 Å². The number of carbonyl (C=O) groups excluding carboxylic acids is 2. The topological polar surface area (TPSA) is 67.2 Å². The minimum atomic E-state index is -0.419. The third-order valence-corrected chi connectivity index (χ3v) is 4.56. The molecule has 2 atom stereocenters. The highest BCUT2D eigenvalue weighted by Crippen LogP contribution is 2.37. The van der Waals surface area contributed by atoms with Crippen molar-refractivity contribution in [1.29, 1.82) is 0 Å². The monoisotopic (exact) mass is 326 g/mol. The summed E-state index contributed by atoms with van der Waals surface area (Å²) in [5.74, 6) is -0.0806. The Morgan fingerprint density at radius 2 is 2.00 bits per heavy atom. The zero-order chi connectivity index (χ0) is 17.3. The summed E-state index contributed by atoms with van der Waals surface area (Å²) in [6, 6.07) is 9.50. The number of benzene rings is 1. The van der Waals surface area contributed by atoms with Gasteiger partial charge in [0, 0.05) is 32.3 Å². The molecule has 24 heavy (non-hydrogen) atoms. The number of rotatable bonds is 4. The van der Waals surface area contributed by atoms with Crippen LogP contribution in [0.2, 0.25) is 0 Å². The van der Waals surface area contributed by atoms with Crippen molar-refractivity contribution in [3.63, 3.8) is 0 Å². The molecule has 1 saturated heterocycles. The maximum atomic E-state index is 12.7. The largest absolute Gasteiger partial charge is 0.338 e. The van der Waals surface area contributed by atoms with Gasteiger partial charge >= 0.3 is 0 Å². The zero-order valence-electron chi connectivity index (χ0n) is 14.2. The second-order valence-electron chi connectivity index (χ2n) is 6.22. The van der Waals surface area contributed by atoms with E-state index in [1.165, 1.54) is 0 Å². The molecule has 6 heteroatoms. The van der Waals surface area contributed by atoms with Crippen LogP contribution < -0.4 is 5.32 Å². The van der Waals surface area contributed by atoms with Crippen molar-refractivity contribution in [3.05, 3.63) is 47.7 Å². The molecule has 3 rings (SSSR count). The fraction of sp³-hybridized carbons (Fsp3) is 0.389. The van der Waals surface area contributed by atoms with Crippen LogP contribution in [-0.4, -0.2) is 33.5 Å². The van der Waals surface area contributed by atoms with E-state index in [0.29, 0.717) is 5.82 Å². The molecule has 1 fully saturated rings. The highest BCUT2D eigenvalue weighted by Gasteiger charge is 2.42. The highest BCUT2D eigenvalue weighted by atomic mass is 16.2. The van der Waals surface area contributed by atoms with Gasteiger partial charge in [-0.3, -0.25) is 14.3 Å². The van der Waals surface area contributed by atoms with Gasteiger partial charge in [0.15, 0.2) is 5.82 Å². The van der Waals surface area contributed by atoms with Gasteiger partial charge in [-0.05, 0) is 19.4 Å². The maximum Gasteiger partial charge on any atom is 0.231 e. The molecule has 0 radical (unpaired) electrons. The number of nitrogens with zero attached hydrogens (tertiary/aromatic N) is 3. The summed E-state index contributed by atoms with van der Waals surface area (Å²) in [7, 11) is 1.76. The molecule has 1 aliphatic heterocycles. The summed E-state index contributed by atoms with van der Waals surface area (Å²) in [4.78, 5) is 26.5. The van der Waals surface area contributed by atoms with Crippen LogP contribution in [0.4, 0.5) is 5.82 Å². The van der Waals surface area contributed by atoms with E-state index in [1.807, 2.05) is 44.3 Å². The van der Waals surface area contributed by atoms with Gasteiger partial charge in [0.2, 0.25) is 11.8 Å². The van der Waals surface area contributed by atoms with Gasteiger partial charge in [0.25, 0.3) is 0 Å². The first kappa shape index (κ1) is 16.2. The smallest absolute Gasteiger partial charge is 0.231 e. The van der Waals surface area contributed by atoms with Crippen LogP contribution in [0.25, 0.3) is 0 Å². The Balaban J connectivity index is 1.82. The van der Waals surface area contributed by atoms with Gasteiger partial charge in [-0.1, -0.05) is 29.8 Å². The van der Waals surface area contributed by atoms with E-state index in [9.17, 15) is 9.59 Å². The fourth-order valence-electron chi connectivity index (χ4n) is 3.15. The van der Waals surface area contributed by atoms with Crippen molar-refractivity contribution in [1.82, 2.24) is 14.7 Å². The lowest BCUT2D eigenvalue weighted by molar-refractivity contribution is -0.127. The highest BCUT2D eigenvalue weighted by molar-refractivity contribution is 5.97. The molecule has 6 nitrogen and oxygen atoms in total. The van der Waals surface area contributed by atoms with Gasteiger partial charge < -0.3 is 10.2 Å². The van der Waals surface area contributed by atoms with E-state index >= 15 is 0 Å². The summed E-state index contributed by atoms with van der Waals surface area (Å²) in [6.45, 7) is 4.74. The standard InChI is InChI=1S/C18H22N4O2/c1-4-22-10-9-15(20-22)19-18(24)14-11-16(23)21(3)17(14)13-7-5-12(2)6-8-13/h5-10,14,17H,4,11H2,1-3H3,(H,19,20,24)/t14-,17-/m1/s1. The van der Waals surface area contributed by atoms with Gasteiger partial charge in [0.05, 0.1) is 12.0 Å². The molecule has 1 aromatic heterocycles. The number of hydrogen-bond acceptors (Lipinski definition) is 3. The van der Waals surface area contributed by atoms with Gasteiger partial charge in [0.1, 0.15) is 0 Å². The van der Waals surface area contributed by atoms with Crippen LogP contribution in [0, 0.1) is 12.8 Å². The average molecular weight is 326 g/mol. The Morgan fingerprint density at radius 3 is 2.62 bits per heavy atom. The average Bonchev–Trinajstić information content (AvgIpc) is 3.14. The van der Waals surface area contributed by atoms with Crippen molar-refractivity contribution in [2.45, 2.75) is 32.9 Å². The number of nitrogens with one attached hydrogen (secondary N) is 1. The Labute approximate surface area is 141 Å². The second kappa shape index (κ2) is 6.47. The van der Waals surface area contributed by atoms with E-state index in [-0.39, 0.29) is 24.3 Å². The molecule has 0 bridgehead atoms. The zero-order valence-corrected chi connectivity index (χ0v) is 14.2. The predicted octanol–water partition coefficient (Wildman–Crippen LogP) is 2.37. The quantitative estimate of drug-likeness (QED) is 0.938. The molecule has 0 saturated carbocycles. The van der Waals surface area contributed by atoms with Crippen LogP contribution in [0.1, 0.15) is 30.5 Å². The Morgan fingerprint density at radius 1 is 1.29 bits per heavy atom. The fourth-order valence-corrected chi connectivity index (χ4v) is 3.15. The molecular formula is C18H22N4O2. The molecule has 2 heterocycles. The molecule has 0 spiro atoms. The SMILES string of the molecule is CCn1ccc(NC(=O)[C@@H]2CC(=O)N(C)[C@@H]2c2ccc(C)cc2)n1. The molecule has 2 amide bonds. The Kier molecular flexibility index (Phi) is 4.38. The molecule has 1 N–H and O–H groups in total. The summed E-state index contributed by atoms with van der Waals surface area (Å²) in [5, 5.41) is 7.11. The normalized spacial score (nSPS) is 20.5. The van der Waals surface area contributed by atoms with Crippen molar-refractivity contribution < 1.29 is 9.59 Å². The summed E-state index contributed by atoms with van der Waals surface area (Å²) in [6.07, 6.45) is 2.04. The van der Waals surface area contributed by atoms with Crippen LogP contribution in [0.3, 0.4) is 0 Å². The van der Waals surface area contributed by atoms with Gasteiger partial charge in [-0.2, -0.15) is 5.10 Å². The molecule has 0 unspecified atom stereocenters.